The number of pyridine rings is 2. The molecule has 0 aliphatic heterocycles. The number of rotatable bonds is 4. The molecule has 3 heterocycles. The number of fused-ring (bicyclic) bond motifs is 2. The molecule has 5 rings (SSSR count). The lowest BCUT2D eigenvalue weighted by Crippen LogP contribution is -2.20. The van der Waals surface area contributed by atoms with E-state index in [-0.39, 0.29) is 5.43 Å². The molecule has 6 nitrogen and oxygen atoms in total. The molecule has 1 aromatic carbocycles. The average molecular weight is 371 g/mol. The third kappa shape index (κ3) is 2.78. The van der Waals surface area contributed by atoms with Crippen LogP contribution in [0.1, 0.15) is 18.1 Å². The first-order valence-electron chi connectivity index (χ1n) is 9.58. The summed E-state index contributed by atoms with van der Waals surface area (Å²) < 4.78 is 2.00. The van der Waals surface area contributed by atoms with Crippen LogP contribution in [-0.4, -0.2) is 25.6 Å². The van der Waals surface area contributed by atoms with Crippen LogP contribution >= 0.6 is 0 Å². The summed E-state index contributed by atoms with van der Waals surface area (Å²) in [6.07, 6.45) is 8.92. The summed E-state index contributed by atoms with van der Waals surface area (Å²) in [5.41, 5.74) is 5.67. The first-order chi connectivity index (χ1) is 13.7. The van der Waals surface area contributed by atoms with E-state index in [2.05, 4.69) is 44.5 Å². The highest BCUT2D eigenvalue weighted by atomic mass is 16.1. The minimum atomic E-state index is -0.0326. The van der Waals surface area contributed by atoms with Crippen molar-refractivity contribution in [2.45, 2.75) is 32.4 Å². The lowest BCUT2D eigenvalue weighted by Gasteiger charge is -2.15. The van der Waals surface area contributed by atoms with Crippen molar-refractivity contribution >= 4 is 16.7 Å². The van der Waals surface area contributed by atoms with E-state index in [1.807, 2.05) is 30.0 Å². The second kappa shape index (κ2) is 6.64. The SMILES string of the molecule is CCn1cc(-c2cnc[nH]2)c(=O)c2cc(NC3Cc4ccccc4C3)cnc21. The van der Waals surface area contributed by atoms with Crippen LogP contribution in [0.5, 0.6) is 0 Å². The standard InChI is InChI=1S/C22H21N5O/c1-2-27-12-19(20-11-23-13-25-20)21(28)18-9-17(10-24-22(18)27)26-16-7-14-5-3-4-6-15(14)8-16/h3-6,9-13,16,26H,2,7-8H2,1H3,(H,23,25). The summed E-state index contributed by atoms with van der Waals surface area (Å²) in [5, 5.41) is 4.19. The molecule has 0 saturated heterocycles. The number of anilines is 1. The highest BCUT2D eigenvalue weighted by Gasteiger charge is 2.21. The molecular formula is C22H21N5O. The van der Waals surface area contributed by atoms with E-state index in [1.165, 1.54) is 11.1 Å². The molecule has 0 spiro atoms. The van der Waals surface area contributed by atoms with Crippen molar-refractivity contribution in [2.75, 3.05) is 5.32 Å². The average Bonchev–Trinajstić information content (AvgIpc) is 3.38. The van der Waals surface area contributed by atoms with E-state index in [9.17, 15) is 4.79 Å². The fraction of sp³-hybridized carbons (Fsp3) is 0.227. The number of aryl methyl sites for hydroxylation is 1. The minimum absolute atomic E-state index is 0.0326. The van der Waals surface area contributed by atoms with Gasteiger partial charge < -0.3 is 14.9 Å². The van der Waals surface area contributed by atoms with Gasteiger partial charge in [0.05, 0.1) is 41.1 Å². The van der Waals surface area contributed by atoms with Crippen LogP contribution in [0.25, 0.3) is 22.3 Å². The summed E-state index contributed by atoms with van der Waals surface area (Å²) >= 11 is 0. The monoisotopic (exact) mass is 371 g/mol. The second-order valence-corrected chi connectivity index (χ2v) is 7.24. The fourth-order valence-electron chi connectivity index (χ4n) is 4.09. The van der Waals surface area contributed by atoms with Gasteiger partial charge in [0.1, 0.15) is 5.65 Å². The Morgan fingerprint density at radius 1 is 1.21 bits per heavy atom. The van der Waals surface area contributed by atoms with Gasteiger partial charge in [-0.3, -0.25) is 4.79 Å². The summed E-state index contributed by atoms with van der Waals surface area (Å²) in [6.45, 7) is 2.78. The van der Waals surface area contributed by atoms with Gasteiger partial charge in [-0.2, -0.15) is 0 Å². The van der Waals surface area contributed by atoms with Crippen LogP contribution in [0.15, 0.2) is 60.0 Å². The maximum Gasteiger partial charge on any atom is 0.200 e. The van der Waals surface area contributed by atoms with Crippen LogP contribution in [0.4, 0.5) is 5.69 Å². The summed E-state index contributed by atoms with van der Waals surface area (Å²) in [6, 6.07) is 10.8. The Hall–Kier alpha value is -3.41. The number of aromatic amines is 1. The predicted molar refractivity (Wildman–Crippen MR) is 111 cm³/mol. The van der Waals surface area contributed by atoms with Crippen molar-refractivity contribution in [1.82, 2.24) is 19.5 Å². The Morgan fingerprint density at radius 2 is 2.00 bits per heavy atom. The molecule has 28 heavy (non-hydrogen) atoms. The van der Waals surface area contributed by atoms with Crippen LogP contribution in [-0.2, 0) is 19.4 Å². The first-order valence-corrected chi connectivity index (χ1v) is 9.58. The Kier molecular flexibility index (Phi) is 3.97. The Balaban J connectivity index is 1.54. The van der Waals surface area contributed by atoms with Crippen molar-refractivity contribution in [3.63, 3.8) is 0 Å². The maximum absolute atomic E-state index is 13.1. The maximum atomic E-state index is 13.1. The lowest BCUT2D eigenvalue weighted by molar-refractivity contribution is 0.769. The third-order valence-corrected chi connectivity index (χ3v) is 5.46. The van der Waals surface area contributed by atoms with Crippen LogP contribution < -0.4 is 10.7 Å². The number of hydrogen-bond acceptors (Lipinski definition) is 4. The Morgan fingerprint density at radius 3 is 2.68 bits per heavy atom. The van der Waals surface area contributed by atoms with Gasteiger partial charge in [0.2, 0.25) is 0 Å². The molecule has 6 heteroatoms. The first kappa shape index (κ1) is 16.7. The van der Waals surface area contributed by atoms with Gasteiger partial charge >= 0.3 is 0 Å². The van der Waals surface area contributed by atoms with Gasteiger partial charge in [-0.1, -0.05) is 24.3 Å². The zero-order valence-electron chi connectivity index (χ0n) is 15.6. The minimum Gasteiger partial charge on any atom is -0.380 e. The largest absolute Gasteiger partial charge is 0.380 e. The van der Waals surface area contributed by atoms with Crippen molar-refractivity contribution in [1.29, 1.82) is 0 Å². The fourth-order valence-corrected chi connectivity index (χ4v) is 4.09. The Bertz CT molecular complexity index is 1180. The van der Waals surface area contributed by atoms with Gasteiger partial charge in [-0.05, 0) is 37.0 Å². The van der Waals surface area contributed by atoms with E-state index in [1.54, 1.807) is 12.5 Å². The second-order valence-electron chi connectivity index (χ2n) is 7.24. The van der Waals surface area contributed by atoms with E-state index in [0.717, 1.165) is 30.8 Å². The van der Waals surface area contributed by atoms with Crippen LogP contribution in [0.3, 0.4) is 0 Å². The summed E-state index contributed by atoms with van der Waals surface area (Å²) in [7, 11) is 0. The molecule has 0 saturated carbocycles. The molecule has 1 aliphatic rings. The summed E-state index contributed by atoms with van der Waals surface area (Å²) in [5.74, 6) is 0. The van der Waals surface area contributed by atoms with E-state index in [0.29, 0.717) is 22.6 Å². The molecule has 0 unspecified atom stereocenters. The van der Waals surface area contributed by atoms with Gasteiger partial charge in [-0.25, -0.2) is 9.97 Å². The third-order valence-electron chi connectivity index (χ3n) is 5.46. The number of H-pyrrole nitrogens is 1. The number of imidazole rings is 1. The number of benzene rings is 1. The van der Waals surface area contributed by atoms with Crippen molar-refractivity contribution in [3.8, 4) is 11.3 Å². The molecule has 0 amide bonds. The topological polar surface area (TPSA) is 75.6 Å². The molecule has 140 valence electrons. The summed E-state index contributed by atoms with van der Waals surface area (Å²) in [4.78, 5) is 24.8. The van der Waals surface area contributed by atoms with E-state index < -0.39 is 0 Å². The number of nitrogens with zero attached hydrogens (tertiary/aromatic N) is 3. The molecule has 0 radical (unpaired) electrons. The zero-order valence-corrected chi connectivity index (χ0v) is 15.6. The molecule has 3 aromatic heterocycles. The van der Waals surface area contributed by atoms with Crippen molar-refractivity contribution in [2.24, 2.45) is 0 Å². The zero-order chi connectivity index (χ0) is 19.1. The van der Waals surface area contributed by atoms with Gasteiger partial charge in [-0.15, -0.1) is 0 Å². The molecule has 0 atom stereocenters. The van der Waals surface area contributed by atoms with E-state index >= 15 is 0 Å². The molecule has 4 aromatic rings. The molecule has 2 N–H and O–H groups in total. The predicted octanol–water partition coefficient (Wildman–Crippen LogP) is 3.39. The van der Waals surface area contributed by atoms with Gasteiger partial charge in [0.15, 0.2) is 5.43 Å². The van der Waals surface area contributed by atoms with Crippen LogP contribution in [0, 0.1) is 0 Å². The normalized spacial score (nSPS) is 13.8. The number of nitrogens with one attached hydrogen (secondary N) is 2. The lowest BCUT2D eigenvalue weighted by atomic mass is 10.1. The molecule has 1 aliphatic carbocycles. The molecular weight excluding hydrogens is 350 g/mol. The molecule has 0 bridgehead atoms. The van der Waals surface area contributed by atoms with Gasteiger partial charge in [0, 0.05) is 18.8 Å². The number of hydrogen-bond donors (Lipinski definition) is 2. The highest BCUT2D eigenvalue weighted by Crippen LogP contribution is 2.25. The quantitative estimate of drug-likeness (QED) is 0.577. The van der Waals surface area contributed by atoms with E-state index in [4.69, 9.17) is 0 Å². The van der Waals surface area contributed by atoms with Crippen molar-refractivity contribution < 1.29 is 0 Å². The highest BCUT2D eigenvalue weighted by molar-refractivity contribution is 5.83. The van der Waals surface area contributed by atoms with Crippen LogP contribution in [0.2, 0.25) is 0 Å². The Labute approximate surface area is 162 Å². The smallest absolute Gasteiger partial charge is 0.200 e. The number of aromatic nitrogens is 4. The van der Waals surface area contributed by atoms with Gasteiger partial charge in [0.25, 0.3) is 0 Å². The molecule has 0 fully saturated rings. The van der Waals surface area contributed by atoms with Crippen molar-refractivity contribution in [3.05, 3.63) is 76.6 Å².